The summed E-state index contributed by atoms with van der Waals surface area (Å²) in [6, 6.07) is 11.8. The van der Waals surface area contributed by atoms with Crippen molar-refractivity contribution in [1.82, 2.24) is 10.0 Å². The number of amides is 1. The molecule has 2 aliphatic carbocycles. The van der Waals surface area contributed by atoms with Crippen molar-refractivity contribution in [3.05, 3.63) is 58.1 Å². The van der Waals surface area contributed by atoms with E-state index in [-0.39, 0.29) is 29.6 Å². The third-order valence-corrected chi connectivity index (χ3v) is 14.3. The Morgan fingerprint density at radius 1 is 1.00 bits per heavy atom. The van der Waals surface area contributed by atoms with Crippen LogP contribution in [0.4, 0.5) is 5.69 Å². The molecule has 11 heteroatoms. The molecule has 9 nitrogen and oxygen atoms in total. The van der Waals surface area contributed by atoms with E-state index in [2.05, 4.69) is 27.1 Å². The standard InChI is InChI=1S/C37H50ClN3O6S/c1-23-6-4-8-31(36-45-19-29(39-3)20-46-36)30-12-9-27(30)18-41-21-37(15-5-7-25-16-28(38)11-13-32(25)37)22-47-34-14-10-26(17-33(34)41)35(42)40-48(43,44)24(23)2/h10-11,13-14,16-17,23-24,27,29-31,36,39H,4-9,12,15,18-22H2,1-3H3,(H,40,42)/t23?,24-,27+,29?,30-,31+,36?,37+/m1/s1. The molecule has 2 fully saturated rings. The van der Waals surface area contributed by atoms with Crippen molar-refractivity contribution in [3.8, 4) is 5.75 Å². The van der Waals surface area contributed by atoms with E-state index >= 15 is 0 Å². The van der Waals surface area contributed by atoms with Gasteiger partial charge in [-0.3, -0.25) is 4.79 Å². The second kappa shape index (κ2) is 13.7. The zero-order chi connectivity index (χ0) is 33.6. The molecule has 0 aromatic heterocycles. The molecule has 1 amide bonds. The van der Waals surface area contributed by atoms with Gasteiger partial charge in [0.25, 0.3) is 5.91 Å². The zero-order valence-corrected chi connectivity index (χ0v) is 30.0. The molecule has 1 spiro atoms. The predicted molar refractivity (Wildman–Crippen MR) is 187 cm³/mol. The number of rotatable bonds is 2. The molecular weight excluding hydrogens is 650 g/mol. The van der Waals surface area contributed by atoms with Crippen molar-refractivity contribution in [2.24, 2.45) is 23.7 Å². The fourth-order valence-electron chi connectivity index (χ4n) is 8.90. The summed E-state index contributed by atoms with van der Waals surface area (Å²) < 4.78 is 48.7. The number of aryl methyl sites for hydroxylation is 1. The van der Waals surface area contributed by atoms with Crippen molar-refractivity contribution in [1.29, 1.82) is 0 Å². The minimum atomic E-state index is -3.90. The molecule has 3 aliphatic heterocycles. The van der Waals surface area contributed by atoms with E-state index in [1.807, 2.05) is 32.2 Å². The minimum absolute atomic E-state index is 0.122. The molecule has 2 N–H and O–H groups in total. The number of carbonyl (C=O) groups excluding carboxylic acids is 1. The minimum Gasteiger partial charge on any atom is -0.490 e. The maximum absolute atomic E-state index is 13.5. The van der Waals surface area contributed by atoms with E-state index in [1.54, 1.807) is 13.0 Å². The van der Waals surface area contributed by atoms with Gasteiger partial charge in [-0.2, -0.15) is 0 Å². The number of nitrogens with one attached hydrogen (secondary N) is 2. The van der Waals surface area contributed by atoms with Crippen LogP contribution in [-0.2, 0) is 31.3 Å². The Hall–Kier alpha value is -2.37. The molecule has 6 atom stereocenters. The maximum atomic E-state index is 13.5. The largest absolute Gasteiger partial charge is 0.490 e. The molecule has 1 unspecified atom stereocenters. The Bertz CT molecular complexity index is 1610. The van der Waals surface area contributed by atoms with Crippen LogP contribution in [-0.4, -0.2) is 71.9 Å². The summed E-state index contributed by atoms with van der Waals surface area (Å²) in [6.07, 6.45) is 7.48. The van der Waals surface area contributed by atoms with Crippen LogP contribution in [0.25, 0.3) is 0 Å². The van der Waals surface area contributed by atoms with Gasteiger partial charge in [-0.15, -0.1) is 0 Å². The average Bonchev–Trinajstić information content (AvgIpc) is 3.21. The number of hydrogen-bond acceptors (Lipinski definition) is 8. The normalized spacial score (nSPS) is 35.3. The van der Waals surface area contributed by atoms with Gasteiger partial charge in [-0.25, -0.2) is 13.1 Å². The first kappa shape index (κ1) is 34.1. The SMILES string of the molecule is CNC1COC([C@H]2CCCC(C)[C@@H](C)S(=O)(=O)NC(=O)c3ccc4c(c3)N(C[C@@H]3CC[C@H]32)C[C@@]2(CCCc3cc(Cl)ccc32)CO4)OC1. The van der Waals surface area contributed by atoms with Gasteiger partial charge in [-0.1, -0.05) is 31.0 Å². The fourth-order valence-corrected chi connectivity index (χ4v) is 10.4. The first-order valence-electron chi connectivity index (χ1n) is 17.8. The highest BCUT2D eigenvalue weighted by atomic mass is 35.5. The monoisotopic (exact) mass is 699 g/mol. The molecule has 2 aromatic carbocycles. The third kappa shape index (κ3) is 6.60. The molecule has 1 saturated carbocycles. The molecule has 3 heterocycles. The molecule has 48 heavy (non-hydrogen) atoms. The number of sulfonamides is 1. The van der Waals surface area contributed by atoms with E-state index in [0.29, 0.717) is 37.2 Å². The second-order valence-corrected chi connectivity index (χ2v) is 17.5. The maximum Gasteiger partial charge on any atom is 0.264 e. The lowest BCUT2D eigenvalue weighted by Crippen LogP contribution is -2.52. The summed E-state index contributed by atoms with van der Waals surface area (Å²) in [5.74, 6) is 1.05. The van der Waals surface area contributed by atoms with Crippen LogP contribution < -0.4 is 19.7 Å². The highest BCUT2D eigenvalue weighted by Gasteiger charge is 2.46. The molecule has 5 aliphatic rings. The number of likely N-dealkylation sites (N-methyl/N-ethyl adjacent to an activating group) is 1. The lowest BCUT2D eigenvalue weighted by atomic mass is 9.64. The van der Waals surface area contributed by atoms with E-state index < -0.39 is 21.2 Å². The Labute approximate surface area is 290 Å². The molecule has 1 saturated heterocycles. The van der Waals surface area contributed by atoms with Crippen molar-refractivity contribution in [2.45, 2.75) is 88.2 Å². The molecule has 262 valence electrons. The third-order valence-electron chi connectivity index (χ3n) is 12.2. The number of carbonyl (C=O) groups is 1. The Morgan fingerprint density at radius 2 is 1.81 bits per heavy atom. The van der Waals surface area contributed by atoms with Crippen molar-refractivity contribution in [3.63, 3.8) is 0 Å². The van der Waals surface area contributed by atoms with E-state index in [0.717, 1.165) is 80.9 Å². The van der Waals surface area contributed by atoms with E-state index in [4.69, 9.17) is 25.8 Å². The lowest BCUT2D eigenvalue weighted by molar-refractivity contribution is -0.231. The van der Waals surface area contributed by atoms with Crippen LogP contribution in [0.5, 0.6) is 5.75 Å². The number of anilines is 1. The molecule has 0 radical (unpaired) electrons. The molecule has 2 aromatic rings. The van der Waals surface area contributed by atoms with Crippen LogP contribution in [0.1, 0.15) is 80.3 Å². The molecular formula is C37H50ClN3O6S. The number of ether oxygens (including phenoxy) is 3. The van der Waals surface area contributed by atoms with Gasteiger partial charge in [-0.05, 0) is 118 Å². The Morgan fingerprint density at radius 3 is 2.56 bits per heavy atom. The summed E-state index contributed by atoms with van der Waals surface area (Å²) in [7, 11) is -1.96. The number of hydrogen-bond donors (Lipinski definition) is 2. The van der Waals surface area contributed by atoms with Crippen LogP contribution in [0, 0.1) is 23.7 Å². The van der Waals surface area contributed by atoms with Gasteiger partial charge < -0.3 is 24.4 Å². The van der Waals surface area contributed by atoms with E-state index in [9.17, 15) is 13.2 Å². The first-order valence-corrected chi connectivity index (χ1v) is 19.8. The highest BCUT2D eigenvalue weighted by molar-refractivity contribution is 7.90. The van der Waals surface area contributed by atoms with Crippen molar-refractivity contribution >= 4 is 33.2 Å². The first-order chi connectivity index (χ1) is 23.1. The summed E-state index contributed by atoms with van der Waals surface area (Å²) in [5.41, 5.74) is 3.48. The molecule has 2 bridgehead atoms. The summed E-state index contributed by atoms with van der Waals surface area (Å²) in [4.78, 5) is 16.0. The lowest BCUT2D eigenvalue weighted by Gasteiger charge is -2.49. The van der Waals surface area contributed by atoms with Crippen LogP contribution in [0.3, 0.4) is 0 Å². The van der Waals surface area contributed by atoms with Gasteiger partial charge in [0.2, 0.25) is 10.0 Å². The van der Waals surface area contributed by atoms with Crippen LogP contribution >= 0.6 is 11.6 Å². The second-order valence-electron chi connectivity index (χ2n) is 15.1. The Kier molecular flexibility index (Phi) is 9.76. The van der Waals surface area contributed by atoms with Gasteiger partial charge in [0.1, 0.15) is 5.75 Å². The molecule has 7 rings (SSSR count). The number of fused-ring (bicyclic) bond motifs is 4. The number of halogens is 1. The number of benzene rings is 2. The quantitative estimate of drug-likeness (QED) is 0.413. The van der Waals surface area contributed by atoms with Crippen molar-refractivity contribution in [2.75, 3.05) is 44.9 Å². The predicted octanol–water partition coefficient (Wildman–Crippen LogP) is 5.68. The Balaban J connectivity index is 1.27. The van der Waals surface area contributed by atoms with Crippen LogP contribution in [0.2, 0.25) is 5.02 Å². The summed E-state index contributed by atoms with van der Waals surface area (Å²) >= 11 is 6.46. The van der Waals surface area contributed by atoms with E-state index in [1.165, 1.54) is 11.1 Å². The smallest absolute Gasteiger partial charge is 0.264 e. The van der Waals surface area contributed by atoms with Gasteiger partial charge in [0.05, 0.1) is 36.8 Å². The van der Waals surface area contributed by atoms with Crippen LogP contribution in [0.15, 0.2) is 36.4 Å². The summed E-state index contributed by atoms with van der Waals surface area (Å²) in [5, 5.41) is 3.30. The zero-order valence-electron chi connectivity index (χ0n) is 28.4. The van der Waals surface area contributed by atoms with Gasteiger partial charge in [0, 0.05) is 35.0 Å². The van der Waals surface area contributed by atoms with Crippen molar-refractivity contribution < 1.29 is 27.4 Å². The fraction of sp³-hybridized carbons (Fsp3) is 0.649. The van der Waals surface area contributed by atoms with Gasteiger partial charge >= 0.3 is 0 Å². The average molecular weight is 700 g/mol. The topological polar surface area (TPSA) is 106 Å². The highest BCUT2D eigenvalue weighted by Crippen LogP contribution is 2.49. The number of nitrogens with zero attached hydrogens (tertiary/aromatic N) is 1. The summed E-state index contributed by atoms with van der Waals surface area (Å²) in [6.45, 7) is 6.97. The van der Waals surface area contributed by atoms with Gasteiger partial charge in [0.15, 0.2) is 6.29 Å².